The molecule has 0 spiro atoms. The van der Waals surface area contributed by atoms with Crippen molar-refractivity contribution in [2.45, 2.75) is 0 Å². The van der Waals surface area contributed by atoms with Crippen molar-refractivity contribution in [3.63, 3.8) is 0 Å². The first-order valence-electron chi connectivity index (χ1n) is 16.6. The van der Waals surface area contributed by atoms with Gasteiger partial charge in [-0.1, -0.05) is 140 Å². The number of para-hydroxylation sites is 1. The quantitative estimate of drug-likeness (QED) is 0.185. The number of aromatic nitrogens is 3. The van der Waals surface area contributed by atoms with Gasteiger partial charge in [-0.2, -0.15) is 0 Å². The van der Waals surface area contributed by atoms with E-state index < -0.39 is 0 Å². The molecule has 0 saturated heterocycles. The van der Waals surface area contributed by atoms with Gasteiger partial charge in [0.25, 0.3) is 0 Å². The maximum Gasteiger partial charge on any atom is 0.164 e. The predicted molar refractivity (Wildman–Crippen MR) is 207 cm³/mol. The van der Waals surface area contributed by atoms with Gasteiger partial charge in [-0.15, -0.1) is 11.3 Å². The molecule has 0 radical (unpaired) electrons. The summed E-state index contributed by atoms with van der Waals surface area (Å²) in [6, 6.07) is 56.9. The van der Waals surface area contributed by atoms with Gasteiger partial charge in [0.15, 0.2) is 17.5 Å². The zero-order chi connectivity index (χ0) is 33.0. The van der Waals surface area contributed by atoms with Gasteiger partial charge in [0.05, 0.1) is 0 Å². The first-order chi connectivity index (χ1) is 24.7. The minimum absolute atomic E-state index is 0.649. The van der Waals surface area contributed by atoms with Gasteiger partial charge < -0.3 is 4.42 Å². The summed E-state index contributed by atoms with van der Waals surface area (Å²) in [6.45, 7) is 0. The number of thiophene rings is 1. The van der Waals surface area contributed by atoms with Crippen LogP contribution in [-0.4, -0.2) is 15.0 Å². The Morgan fingerprint density at radius 1 is 0.360 bits per heavy atom. The largest absolute Gasteiger partial charge is 0.456 e. The van der Waals surface area contributed by atoms with E-state index in [0.29, 0.717) is 17.5 Å². The zero-order valence-corrected chi connectivity index (χ0v) is 27.6. The van der Waals surface area contributed by atoms with Crippen LogP contribution in [0.4, 0.5) is 0 Å². The van der Waals surface area contributed by atoms with E-state index in [2.05, 4.69) is 109 Å². The molecular formula is C45H27N3OS. The fraction of sp³-hybridized carbons (Fsp3) is 0. The molecule has 0 atom stereocenters. The topological polar surface area (TPSA) is 51.8 Å². The molecule has 3 heterocycles. The molecule has 5 heteroatoms. The number of furan rings is 1. The molecular weight excluding hydrogens is 631 g/mol. The van der Waals surface area contributed by atoms with Crippen LogP contribution in [0.2, 0.25) is 0 Å². The predicted octanol–water partition coefficient (Wildman–Crippen LogP) is 12.5. The van der Waals surface area contributed by atoms with E-state index in [9.17, 15) is 0 Å². The highest BCUT2D eigenvalue weighted by atomic mass is 32.1. The lowest BCUT2D eigenvalue weighted by atomic mass is 9.98. The van der Waals surface area contributed by atoms with Crippen molar-refractivity contribution in [3.8, 4) is 56.4 Å². The molecule has 0 bridgehead atoms. The molecule has 3 aromatic heterocycles. The van der Waals surface area contributed by atoms with E-state index in [1.807, 2.05) is 54.6 Å². The Balaban J connectivity index is 1.07. The number of hydrogen-bond donors (Lipinski definition) is 0. The summed E-state index contributed by atoms with van der Waals surface area (Å²) in [5, 5.41) is 4.75. The minimum atomic E-state index is 0.649. The van der Waals surface area contributed by atoms with Crippen LogP contribution in [0.1, 0.15) is 0 Å². The van der Waals surface area contributed by atoms with Crippen molar-refractivity contribution in [3.05, 3.63) is 164 Å². The summed E-state index contributed by atoms with van der Waals surface area (Å²) in [4.78, 5) is 15.0. The maximum atomic E-state index is 6.19. The average Bonchev–Trinajstić information content (AvgIpc) is 3.76. The van der Waals surface area contributed by atoms with E-state index in [4.69, 9.17) is 19.4 Å². The fourth-order valence-electron chi connectivity index (χ4n) is 6.89. The Bertz CT molecular complexity index is 2860. The van der Waals surface area contributed by atoms with Crippen molar-refractivity contribution in [1.29, 1.82) is 0 Å². The maximum absolute atomic E-state index is 6.19. The Hall–Kier alpha value is -6.43. The zero-order valence-electron chi connectivity index (χ0n) is 26.7. The van der Waals surface area contributed by atoms with Crippen molar-refractivity contribution >= 4 is 53.4 Å². The Morgan fingerprint density at radius 2 is 0.860 bits per heavy atom. The normalized spacial score (nSPS) is 11.6. The van der Waals surface area contributed by atoms with E-state index in [-0.39, 0.29) is 0 Å². The lowest BCUT2D eigenvalue weighted by Crippen LogP contribution is -2.00. The number of rotatable bonds is 5. The lowest BCUT2D eigenvalue weighted by Gasteiger charge is -2.09. The van der Waals surface area contributed by atoms with Crippen molar-refractivity contribution in [2.24, 2.45) is 0 Å². The molecule has 10 rings (SSSR count). The number of benzene rings is 7. The molecule has 10 aromatic rings. The van der Waals surface area contributed by atoms with Crippen LogP contribution in [0.3, 0.4) is 0 Å². The second-order valence-electron chi connectivity index (χ2n) is 12.4. The molecule has 0 aliphatic heterocycles. The molecule has 0 unspecified atom stereocenters. The molecule has 50 heavy (non-hydrogen) atoms. The van der Waals surface area contributed by atoms with E-state index in [1.165, 1.54) is 36.9 Å². The number of fused-ring (bicyclic) bond motifs is 6. The summed E-state index contributed by atoms with van der Waals surface area (Å²) in [6.07, 6.45) is 0. The summed E-state index contributed by atoms with van der Waals surface area (Å²) in [7, 11) is 0. The number of nitrogens with zero attached hydrogens (tertiary/aromatic N) is 3. The van der Waals surface area contributed by atoms with Gasteiger partial charge in [-0.3, -0.25) is 0 Å². The molecule has 0 N–H and O–H groups in total. The standard InChI is InChI=1S/C45H27N3OS/c1-3-10-28(11-4-1)29-18-20-31(21-19-29)44-46-43(30-12-5-2-6-13-30)47-45(48-44)33-23-25-36-35-24-22-32(26-40(35)50-41(36)27-33)34-15-9-17-39-42(34)37-14-7-8-16-38(37)49-39/h1-27H. The van der Waals surface area contributed by atoms with Gasteiger partial charge in [-0.05, 0) is 46.5 Å². The van der Waals surface area contributed by atoms with Gasteiger partial charge in [-0.25, -0.2) is 15.0 Å². The van der Waals surface area contributed by atoms with Gasteiger partial charge >= 0.3 is 0 Å². The van der Waals surface area contributed by atoms with Crippen LogP contribution in [-0.2, 0) is 0 Å². The van der Waals surface area contributed by atoms with Crippen LogP contribution in [0.5, 0.6) is 0 Å². The first-order valence-corrected chi connectivity index (χ1v) is 17.4. The molecule has 0 saturated carbocycles. The first kappa shape index (κ1) is 28.6. The Morgan fingerprint density at radius 3 is 1.58 bits per heavy atom. The monoisotopic (exact) mass is 657 g/mol. The molecule has 0 aliphatic carbocycles. The summed E-state index contributed by atoms with van der Waals surface area (Å²) < 4.78 is 8.62. The third kappa shape index (κ3) is 4.87. The molecule has 234 valence electrons. The molecule has 0 aliphatic rings. The molecule has 0 fully saturated rings. The highest BCUT2D eigenvalue weighted by molar-refractivity contribution is 7.25. The average molecular weight is 658 g/mol. The lowest BCUT2D eigenvalue weighted by molar-refractivity contribution is 0.669. The summed E-state index contributed by atoms with van der Waals surface area (Å²) >= 11 is 1.80. The van der Waals surface area contributed by atoms with Gasteiger partial charge in [0.2, 0.25) is 0 Å². The van der Waals surface area contributed by atoms with E-state index in [0.717, 1.165) is 44.2 Å². The highest BCUT2D eigenvalue weighted by Crippen LogP contribution is 2.41. The van der Waals surface area contributed by atoms with E-state index >= 15 is 0 Å². The van der Waals surface area contributed by atoms with Crippen LogP contribution in [0.25, 0.3) is 98.5 Å². The SMILES string of the molecule is c1ccc(-c2ccc(-c3nc(-c4ccccc4)nc(-c4ccc5c(c4)sc4cc(-c6cccc7oc8ccccc8c67)ccc45)n3)cc2)cc1. The van der Waals surface area contributed by atoms with Crippen LogP contribution in [0, 0.1) is 0 Å². The Labute approximate surface area is 292 Å². The van der Waals surface area contributed by atoms with Gasteiger partial charge in [0.1, 0.15) is 11.2 Å². The highest BCUT2D eigenvalue weighted by Gasteiger charge is 2.16. The minimum Gasteiger partial charge on any atom is -0.456 e. The third-order valence-corrected chi connectivity index (χ3v) is 10.5. The van der Waals surface area contributed by atoms with E-state index in [1.54, 1.807) is 11.3 Å². The molecule has 7 aromatic carbocycles. The van der Waals surface area contributed by atoms with Gasteiger partial charge in [0, 0.05) is 47.6 Å². The molecule has 0 amide bonds. The Kier molecular flexibility index (Phi) is 6.64. The van der Waals surface area contributed by atoms with Crippen LogP contribution < -0.4 is 0 Å². The van der Waals surface area contributed by atoms with Crippen molar-refractivity contribution in [2.75, 3.05) is 0 Å². The third-order valence-electron chi connectivity index (χ3n) is 9.36. The smallest absolute Gasteiger partial charge is 0.164 e. The summed E-state index contributed by atoms with van der Waals surface area (Å²) in [5.41, 5.74) is 9.35. The second kappa shape index (κ2) is 11.6. The van der Waals surface area contributed by atoms with Crippen molar-refractivity contribution < 1.29 is 4.42 Å². The van der Waals surface area contributed by atoms with Crippen LogP contribution in [0.15, 0.2) is 168 Å². The summed E-state index contributed by atoms with van der Waals surface area (Å²) in [5.74, 6) is 1.95. The molecule has 4 nitrogen and oxygen atoms in total. The van der Waals surface area contributed by atoms with Crippen molar-refractivity contribution in [1.82, 2.24) is 15.0 Å². The fourth-order valence-corrected chi connectivity index (χ4v) is 8.08. The second-order valence-corrected chi connectivity index (χ2v) is 13.5. The number of hydrogen-bond acceptors (Lipinski definition) is 5. The van der Waals surface area contributed by atoms with Crippen LogP contribution >= 0.6 is 11.3 Å².